The van der Waals surface area contributed by atoms with Crippen LogP contribution in [0.5, 0.6) is 5.88 Å². The predicted molar refractivity (Wildman–Crippen MR) is 165 cm³/mol. The van der Waals surface area contributed by atoms with Crippen molar-refractivity contribution in [3.8, 4) is 28.1 Å². The Hall–Kier alpha value is -4.54. The van der Waals surface area contributed by atoms with Crippen LogP contribution in [0.25, 0.3) is 33.3 Å². The first-order valence-electron chi connectivity index (χ1n) is 13.8. The summed E-state index contributed by atoms with van der Waals surface area (Å²) in [4.78, 5) is 35.9. The Balaban J connectivity index is 1.67. The van der Waals surface area contributed by atoms with Crippen LogP contribution in [-0.2, 0) is 21.1 Å². The molecule has 0 aliphatic heterocycles. The second-order valence-corrected chi connectivity index (χ2v) is 10.8. The Kier molecular flexibility index (Phi) is 10.1. The number of pyridine rings is 2. The minimum atomic E-state index is -0.688. The van der Waals surface area contributed by atoms with E-state index < -0.39 is 12.0 Å². The summed E-state index contributed by atoms with van der Waals surface area (Å²) in [7, 11) is 5.45. The summed E-state index contributed by atoms with van der Waals surface area (Å²) in [6.45, 7) is 4.67. The summed E-state index contributed by atoms with van der Waals surface area (Å²) in [6, 6.07) is 12.7. The summed E-state index contributed by atoms with van der Waals surface area (Å²) >= 11 is 0. The van der Waals surface area contributed by atoms with Crippen LogP contribution < -0.4 is 15.8 Å². The maximum Gasteiger partial charge on any atom is 0.324 e. The van der Waals surface area contributed by atoms with Crippen molar-refractivity contribution >= 4 is 28.6 Å². The number of carbonyl (C=O) groups excluding carboxylic acids is 2. The molecule has 10 nitrogen and oxygen atoms in total. The molecule has 0 radical (unpaired) electrons. The number of amides is 1. The van der Waals surface area contributed by atoms with Crippen molar-refractivity contribution < 1.29 is 19.1 Å². The fourth-order valence-electron chi connectivity index (χ4n) is 4.52. The highest BCUT2D eigenvalue weighted by Crippen LogP contribution is 2.34. The van der Waals surface area contributed by atoms with Crippen LogP contribution in [-0.4, -0.2) is 65.1 Å². The summed E-state index contributed by atoms with van der Waals surface area (Å²) in [5, 5.41) is 3.77. The Morgan fingerprint density at radius 3 is 2.64 bits per heavy atom. The molecule has 3 aromatic heterocycles. The number of nitrogens with two attached hydrogens (primary N) is 1. The van der Waals surface area contributed by atoms with E-state index in [2.05, 4.69) is 10.3 Å². The van der Waals surface area contributed by atoms with Crippen LogP contribution in [0.15, 0.2) is 73.2 Å². The molecule has 0 bridgehead atoms. The molecule has 0 aliphatic rings. The third-order valence-corrected chi connectivity index (χ3v) is 6.55. The Labute approximate surface area is 246 Å². The van der Waals surface area contributed by atoms with E-state index in [0.29, 0.717) is 30.2 Å². The summed E-state index contributed by atoms with van der Waals surface area (Å²) in [5.74, 6) is 0.104. The number of carbonyl (C=O) groups is 2. The SMILES string of the molecule is COc1cc(-c2cn(COC(=O)C(N)CC(C)C)c3ncc(-c4cccc(NC(=O)C=CCN(C)C)c4)cc23)ccn1. The average molecular weight is 571 g/mol. The van der Waals surface area contributed by atoms with Gasteiger partial charge in [0.25, 0.3) is 0 Å². The molecule has 42 heavy (non-hydrogen) atoms. The number of aromatic nitrogens is 3. The third-order valence-electron chi connectivity index (χ3n) is 6.55. The topological polar surface area (TPSA) is 125 Å². The first kappa shape index (κ1) is 30.4. The van der Waals surface area contributed by atoms with Crippen molar-refractivity contribution in [1.29, 1.82) is 0 Å². The van der Waals surface area contributed by atoms with E-state index in [1.165, 1.54) is 6.08 Å². The molecule has 0 fully saturated rings. The van der Waals surface area contributed by atoms with Gasteiger partial charge < -0.3 is 25.4 Å². The average Bonchev–Trinajstić information content (AvgIpc) is 3.33. The molecular formula is C32H38N6O4. The Morgan fingerprint density at radius 1 is 1.10 bits per heavy atom. The first-order valence-corrected chi connectivity index (χ1v) is 13.8. The fourth-order valence-corrected chi connectivity index (χ4v) is 4.52. The molecule has 4 rings (SSSR count). The number of hydrogen-bond donors (Lipinski definition) is 2. The number of nitrogens with zero attached hydrogens (tertiary/aromatic N) is 4. The molecule has 0 spiro atoms. The number of rotatable bonds is 12. The van der Waals surface area contributed by atoms with Crippen LogP contribution >= 0.6 is 0 Å². The highest BCUT2D eigenvalue weighted by molar-refractivity contribution is 6.00. The zero-order chi connectivity index (χ0) is 30.2. The number of likely N-dealkylation sites (N-methyl/N-ethyl adjacent to an activating group) is 1. The number of ether oxygens (including phenoxy) is 2. The van der Waals surface area contributed by atoms with E-state index >= 15 is 0 Å². The quantitative estimate of drug-likeness (QED) is 0.185. The van der Waals surface area contributed by atoms with Gasteiger partial charge in [0.05, 0.1) is 7.11 Å². The van der Waals surface area contributed by atoms with Gasteiger partial charge in [-0.3, -0.25) is 14.2 Å². The second kappa shape index (κ2) is 13.9. The number of anilines is 1. The number of hydrogen-bond acceptors (Lipinski definition) is 8. The van der Waals surface area contributed by atoms with E-state index in [-0.39, 0.29) is 18.6 Å². The normalized spacial score (nSPS) is 12.3. The van der Waals surface area contributed by atoms with Gasteiger partial charge in [-0.1, -0.05) is 32.1 Å². The van der Waals surface area contributed by atoms with Crippen molar-refractivity contribution in [3.63, 3.8) is 0 Å². The smallest absolute Gasteiger partial charge is 0.324 e. The lowest BCUT2D eigenvalue weighted by Gasteiger charge is -2.14. The van der Waals surface area contributed by atoms with Crippen LogP contribution in [0.3, 0.4) is 0 Å². The highest BCUT2D eigenvalue weighted by atomic mass is 16.5. The standard InChI is InChI=1S/C32H38N6O4/c1-21(2)14-28(33)32(40)42-20-38-19-27(23-11-12-34-30(17-23)41-5)26-16-24(18-35-31(26)38)22-8-6-9-25(15-22)36-29(39)10-7-13-37(3)4/h6-12,15-19,21,28H,13-14,20,33H2,1-5H3,(H,36,39). The maximum atomic E-state index is 12.5. The van der Waals surface area contributed by atoms with Crippen LogP contribution in [0.2, 0.25) is 0 Å². The number of nitrogens with one attached hydrogen (secondary N) is 1. The summed E-state index contributed by atoms with van der Waals surface area (Å²) in [5.41, 5.74) is 10.8. The van der Waals surface area contributed by atoms with Gasteiger partial charge in [-0.05, 0) is 61.8 Å². The van der Waals surface area contributed by atoms with Gasteiger partial charge in [0, 0.05) is 59.5 Å². The Bertz CT molecular complexity index is 1580. The van der Waals surface area contributed by atoms with Gasteiger partial charge in [0.15, 0.2) is 6.73 Å². The van der Waals surface area contributed by atoms with Crippen LogP contribution in [0.1, 0.15) is 20.3 Å². The number of fused-ring (bicyclic) bond motifs is 1. The van der Waals surface area contributed by atoms with Crippen LogP contribution in [0, 0.1) is 5.92 Å². The molecule has 10 heteroatoms. The summed E-state index contributed by atoms with van der Waals surface area (Å²) < 4.78 is 12.7. The monoisotopic (exact) mass is 570 g/mol. The van der Waals surface area contributed by atoms with Gasteiger partial charge in [-0.25, -0.2) is 9.97 Å². The summed E-state index contributed by atoms with van der Waals surface area (Å²) in [6.07, 6.45) is 9.22. The zero-order valence-corrected chi connectivity index (χ0v) is 24.7. The second-order valence-electron chi connectivity index (χ2n) is 10.8. The third kappa shape index (κ3) is 7.80. The molecule has 0 saturated carbocycles. The lowest BCUT2D eigenvalue weighted by molar-refractivity contribution is -0.149. The molecule has 1 unspecified atom stereocenters. The van der Waals surface area contributed by atoms with Gasteiger partial charge in [-0.15, -0.1) is 0 Å². The van der Waals surface area contributed by atoms with Gasteiger partial charge in [0.1, 0.15) is 11.7 Å². The number of esters is 1. The molecule has 0 saturated heterocycles. The molecule has 4 aromatic rings. The minimum Gasteiger partial charge on any atom is -0.481 e. The Morgan fingerprint density at radius 2 is 1.90 bits per heavy atom. The highest BCUT2D eigenvalue weighted by Gasteiger charge is 2.19. The molecule has 1 aromatic carbocycles. The molecule has 1 amide bonds. The first-order chi connectivity index (χ1) is 20.1. The lowest BCUT2D eigenvalue weighted by atomic mass is 10.0. The number of methoxy groups -OCH3 is 1. The van der Waals surface area contributed by atoms with Gasteiger partial charge >= 0.3 is 5.97 Å². The lowest BCUT2D eigenvalue weighted by Crippen LogP contribution is -2.33. The van der Waals surface area contributed by atoms with Crippen molar-refractivity contribution in [3.05, 3.63) is 73.2 Å². The van der Waals surface area contributed by atoms with Crippen molar-refractivity contribution in [1.82, 2.24) is 19.4 Å². The van der Waals surface area contributed by atoms with Crippen molar-refractivity contribution in [2.24, 2.45) is 11.7 Å². The van der Waals surface area contributed by atoms with E-state index in [9.17, 15) is 9.59 Å². The van der Waals surface area contributed by atoms with E-state index in [0.717, 1.165) is 27.6 Å². The largest absolute Gasteiger partial charge is 0.481 e. The molecule has 3 heterocycles. The molecule has 220 valence electrons. The molecule has 0 aliphatic carbocycles. The van der Waals surface area contributed by atoms with Crippen LogP contribution in [0.4, 0.5) is 5.69 Å². The van der Waals surface area contributed by atoms with Crippen molar-refractivity contribution in [2.45, 2.75) is 33.0 Å². The molecular weight excluding hydrogens is 532 g/mol. The maximum absolute atomic E-state index is 12.5. The number of benzene rings is 1. The fraction of sp³-hybridized carbons (Fsp3) is 0.312. The van der Waals surface area contributed by atoms with E-state index in [1.54, 1.807) is 24.1 Å². The molecule has 3 N–H and O–H groups in total. The predicted octanol–water partition coefficient (Wildman–Crippen LogP) is 4.70. The zero-order valence-electron chi connectivity index (χ0n) is 24.7. The van der Waals surface area contributed by atoms with E-state index in [4.69, 9.17) is 20.2 Å². The molecule has 1 atom stereocenters. The minimum absolute atomic E-state index is 0.0292. The van der Waals surface area contributed by atoms with Gasteiger partial charge in [0.2, 0.25) is 11.8 Å². The van der Waals surface area contributed by atoms with E-state index in [1.807, 2.05) is 87.6 Å². The van der Waals surface area contributed by atoms with Gasteiger partial charge in [-0.2, -0.15) is 0 Å². The van der Waals surface area contributed by atoms with Crippen molar-refractivity contribution in [2.75, 3.05) is 33.1 Å².